The van der Waals surface area contributed by atoms with E-state index in [1.165, 1.54) is 19.9 Å². The number of carboxylic acid groups (broad SMARTS) is 1. The standard InChI is InChI=1S/C12H9F2NO3/c1-5-3-7(9(14)4-8(5)13)11-15-6(2)10(18-11)12(16)17/h3-4H,1-2H3,(H,16,17). The van der Waals surface area contributed by atoms with Gasteiger partial charge in [0, 0.05) is 6.07 Å². The van der Waals surface area contributed by atoms with E-state index in [0.717, 1.165) is 0 Å². The number of carboxylic acids is 1. The molecule has 1 aromatic carbocycles. The van der Waals surface area contributed by atoms with E-state index >= 15 is 0 Å². The number of aromatic nitrogens is 1. The summed E-state index contributed by atoms with van der Waals surface area (Å²) in [6.07, 6.45) is 0. The zero-order valence-corrected chi connectivity index (χ0v) is 9.62. The molecule has 94 valence electrons. The molecule has 0 bridgehead atoms. The van der Waals surface area contributed by atoms with E-state index in [1.54, 1.807) is 0 Å². The summed E-state index contributed by atoms with van der Waals surface area (Å²) in [5.74, 6) is -3.35. The van der Waals surface area contributed by atoms with Crippen LogP contribution in [0.5, 0.6) is 0 Å². The molecule has 6 heteroatoms. The van der Waals surface area contributed by atoms with E-state index in [4.69, 9.17) is 9.52 Å². The Kier molecular flexibility index (Phi) is 2.86. The fraction of sp³-hybridized carbons (Fsp3) is 0.167. The van der Waals surface area contributed by atoms with E-state index in [-0.39, 0.29) is 28.5 Å². The van der Waals surface area contributed by atoms with Crippen molar-refractivity contribution >= 4 is 5.97 Å². The number of benzene rings is 1. The number of hydrogen-bond acceptors (Lipinski definition) is 3. The van der Waals surface area contributed by atoms with Crippen LogP contribution in [0.15, 0.2) is 16.5 Å². The van der Waals surface area contributed by atoms with Crippen molar-refractivity contribution in [3.8, 4) is 11.5 Å². The van der Waals surface area contributed by atoms with Crippen molar-refractivity contribution in [2.45, 2.75) is 13.8 Å². The predicted octanol–water partition coefficient (Wildman–Crippen LogP) is 2.93. The Morgan fingerprint density at radius 1 is 1.28 bits per heavy atom. The number of oxazole rings is 1. The number of halogens is 2. The lowest BCUT2D eigenvalue weighted by atomic mass is 10.1. The largest absolute Gasteiger partial charge is 0.475 e. The zero-order valence-electron chi connectivity index (χ0n) is 9.62. The lowest BCUT2D eigenvalue weighted by molar-refractivity contribution is 0.0662. The highest BCUT2D eigenvalue weighted by molar-refractivity contribution is 5.86. The number of aromatic carboxylic acids is 1. The fourth-order valence-electron chi connectivity index (χ4n) is 1.53. The topological polar surface area (TPSA) is 63.3 Å². The molecule has 0 spiro atoms. The summed E-state index contributed by atoms with van der Waals surface area (Å²) in [5.41, 5.74) is 0.294. The first-order valence-corrected chi connectivity index (χ1v) is 5.07. The van der Waals surface area contributed by atoms with Crippen molar-refractivity contribution in [3.63, 3.8) is 0 Å². The SMILES string of the molecule is Cc1cc(-c2nc(C)c(C(=O)O)o2)c(F)cc1F. The van der Waals surface area contributed by atoms with Crippen LogP contribution in [0.3, 0.4) is 0 Å². The van der Waals surface area contributed by atoms with Gasteiger partial charge in [0.2, 0.25) is 11.7 Å². The zero-order chi connectivity index (χ0) is 13.4. The number of rotatable bonds is 2. The van der Waals surface area contributed by atoms with Gasteiger partial charge < -0.3 is 9.52 Å². The summed E-state index contributed by atoms with van der Waals surface area (Å²) in [6, 6.07) is 1.94. The molecule has 0 fully saturated rings. The first kappa shape index (κ1) is 12.2. The lowest BCUT2D eigenvalue weighted by Crippen LogP contribution is -1.95. The van der Waals surface area contributed by atoms with Crippen molar-refractivity contribution in [1.82, 2.24) is 4.98 Å². The highest BCUT2D eigenvalue weighted by Crippen LogP contribution is 2.26. The normalized spacial score (nSPS) is 10.7. The van der Waals surface area contributed by atoms with Crippen LogP contribution in [-0.4, -0.2) is 16.1 Å². The van der Waals surface area contributed by atoms with Crippen LogP contribution in [0.25, 0.3) is 11.5 Å². The Balaban J connectivity index is 2.59. The van der Waals surface area contributed by atoms with E-state index in [2.05, 4.69) is 4.98 Å². The Morgan fingerprint density at radius 3 is 2.50 bits per heavy atom. The van der Waals surface area contributed by atoms with Crippen molar-refractivity contribution in [3.05, 3.63) is 40.8 Å². The first-order valence-electron chi connectivity index (χ1n) is 5.07. The van der Waals surface area contributed by atoms with Gasteiger partial charge in [-0.2, -0.15) is 0 Å². The molecular weight excluding hydrogens is 244 g/mol. The van der Waals surface area contributed by atoms with Crippen LogP contribution in [-0.2, 0) is 0 Å². The maximum absolute atomic E-state index is 13.6. The summed E-state index contributed by atoms with van der Waals surface area (Å²) < 4.78 is 31.6. The minimum absolute atomic E-state index is 0.0653. The van der Waals surface area contributed by atoms with Crippen LogP contribution in [0.4, 0.5) is 8.78 Å². The molecule has 1 aromatic heterocycles. The Hall–Kier alpha value is -2.24. The first-order chi connectivity index (χ1) is 8.40. The summed E-state index contributed by atoms with van der Waals surface area (Å²) in [5, 5.41) is 8.81. The van der Waals surface area contributed by atoms with E-state index in [9.17, 15) is 13.6 Å². The highest BCUT2D eigenvalue weighted by Gasteiger charge is 2.20. The Bertz CT molecular complexity index is 634. The van der Waals surface area contributed by atoms with Gasteiger partial charge in [0.25, 0.3) is 0 Å². The van der Waals surface area contributed by atoms with E-state index in [1.807, 2.05) is 0 Å². The molecule has 0 saturated carbocycles. The molecule has 0 aliphatic carbocycles. The minimum atomic E-state index is -1.29. The maximum Gasteiger partial charge on any atom is 0.373 e. The third-order valence-electron chi connectivity index (χ3n) is 2.47. The monoisotopic (exact) mass is 253 g/mol. The summed E-state index contributed by atoms with van der Waals surface area (Å²) >= 11 is 0. The van der Waals surface area contributed by atoms with Gasteiger partial charge in [-0.15, -0.1) is 0 Å². The molecule has 1 N–H and O–H groups in total. The molecule has 0 amide bonds. The van der Waals surface area contributed by atoms with Gasteiger partial charge in [0.1, 0.15) is 11.6 Å². The maximum atomic E-state index is 13.6. The molecule has 2 aromatic rings. The van der Waals surface area contributed by atoms with Crippen LogP contribution in [0.2, 0.25) is 0 Å². The third kappa shape index (κ3) is 1.97. The highest BCUT2D eigenvalue weighted by atomic mass is 19.1. The van der Waals surface area contributed by atoms with E-state index < -0.39 is 17.6 Å². The average Bonchev–Trinajstić information content (AvgIpc) is 2.65. The van der Waals surface area contributed by atoms with Crippen molar-refractivity contribution in [2.24, 2.45) is 0 Å². The average molecular weight is 253 g/mol. The Morgan fingerprint density at radius 2 is 1.94 bits per heavy atom. The molecule has 1 heterocycles. The van der Waals surface area contributed by atoms with Gasteiger partial charge in [-0.3, -0.25) is 0 Å². The quantitative estimate of drug-likeness (QED) is 0.893. The number of hydrogen-bond donors (Lipinski definition) is 1. The fourth-order valence-corrected chi connectivity index (χ4v) is 1.53. The molecule has 4 nitrogen and oxygen atoms in total. The summed E-state index contributed by atoms with van der Waals surface area (Å²) in [4.78, 5) is 14.6. The van der Waals surface area contributed by atoms with Crippen molar-refractivity contribution < 1.29 is 23.1 Å². The van der Waals surface area contributed by atoms with Gasteiger partial charge in [0.15, 0.2) is 0 Å². The molecule has 0 aliphatic heterocycles. The number of aryl methyl sites for hydroxylation is 2. The summed E-state index contributed by atoms with van der Waals surface area (Å²) in [6.45, 7) is 2.90. The second-order valence-corrected chi connectivity index (χ2v) is 3.82. The smallest absolute Gasteiger partial charge is 0.373 e. The molecule has 0 radical (unpaired) electrons. The molecule has 0 saturated heterocycles. The van der Waals surface area contributed by atoms with Gasteiger partial charge in [-0.1, -0.05) is 0 Å². The molecular formula is C12H9F2NO3. The van der Waals surface area contributed by atoms with Gasteiger partial charge >= 0.3 is 5.97 Å². The lowest BCUT2D eigenvalue weighted by Gasteiger charge is -2.01. The molecule has 0 aliphatic rings. The number of carbonyl (C=O) groups is 1. The molecule has 2 rings (SSSR count). The van der Waals surface area contributed by atoms with Gasteiger partial charge in [-0.05, 0) is 25.5 Å². The molecule has 0 atom stereocenters. The van der Waals surface area contributed by atoms with E-state index in [0.29, 0.717) is 6.07 Å². The second-order valence-electron chi connectivity index (χ2n) is 3.82. The number of nitrogens with zero attached hydrogens (tertiary/aromatic N) is 1. The Labute approximate surface area is 101 Å². The second kappa shape index (κ2) is 4.21. The van der Waals surface area contributed by atoms with Crippen LogP contribution >= 0.6 is 0 Å². The molecule has 0 unspecified atom stereocenters. The van der Waals surface area contributed by atoms with Crippen LogP contribution < -0.4 is 0 Å². The minimum Gasteiger partial charge on any atom is -0.475 e. The van der Waals surface area contributed by atoms with Gasteiger partial charge in [-0.25, -0.2) is 18.6 Å². The van der Waals surface area contributed by atoms with Crippen LogP contribution in [0, 0.1) is 25.5 Å². The van der Waals surface area contributed by atoms with Crippen LogP contribution in [0.1, 0.15) is 21.8 Å². The molecule has 18 heavy (non-hydrogen) atoms. The summed E-state index contributed by atoms with van der Waals surface area (Å²) in [7, 11) is 0. The predicted molar refractivity (Wildman–Crippen MR) is 58.3 cm³/mol. The van der Waals surface area contributed by atoms with Gasteiger partial charge in [0.05, 0.1) is 11.3 Å². The van der Waals surface area contributed by atoms with Crippen molar-refractivity contribution in [1.29, 1.82) is 0 Å². The van der Waals surface area contributed by atoms with Crippen molar-refractivity contribution in [2.75, 3.05) is 0 Å². The third-order valence-corrected chi connectivity index (χ3v) is 2.47.